The zero-order valence-electron chi connectivity index (χ0n) is 10.1. The first-order chi connectivity index (χ1) is 7.14. The Hall–Kier alpha value is -0.590. The Bertz CT molecular complexity index is 211. The fourth-order valence-electron chi connectivity index (χ4n) is 1.88. The van der Waals surface area contributed by atoms with Crippen LogP contribution in [0.25, 0.3) is 0 Å². The molecule has 3 nitrogen and oxygen atoms in total. The Morgan fingerprint density at radius 2 is 1.93 bits per heavy atom. The molecule has 15 heavy (non-hydrogen) atoms. The highest BCUT2D eigenvalue weighted by Gasteiger charge is 2.16. The molecule has 1 aliphatic rings. The first-order valence-corrected chi connectivity index (χ1v) is 6.04. The molecule has 1 N–H and O–H groups in total. The van der Waals surface area contributed by atoms with Gasteiger partial charge in [-0.3, -0.25) is 5.43 Å². The molecular weight excluding hydrogens is 186 g/mol. The number of nitrogens with one attached hydrogen (secondary N) is 1. The number of nitrogens with zero attached hydrogens (tertiary/aromatic N) is 2. The van der Waals surface area contributed by atoms with Gasteiger partial charge in [0, 0.05) is 19.6 Å². The smallest absolute Gasteiger partial charge is 0.0683 e. The summed E-state index contributed by atoms with van der Waals surface area (Å²) >= 11 is 0. The van der Waals surface area contributed by atoms with Crippen molar-refractivity contribution in [2.75, 3.05) is 19.6 Å². The topological polar surface area (TPSA) is 39.1 Å². The molecule has 0 unspecified atom stereocenters. The van der Waals surface area contributed by atoms with Gasteiger partial charge in [-0.15, -0.1) is 0 Å². The second-order valence-electron chi connectivity index (χ2n) is 5.06. The highest BCUT2D eigenvalue weighted by atomic mass is 15.5. The van der Waals surface area contributed by atoms with Gasteiger partial charge in [-0.1, -0.05) is 6.42 Å². The van der Waals surface area contributed by atoms with Crippen LogP contribution in [0.3, 0.4) is 0 Å². The van der Waals surface area contributed by atoms with E-state index < -0.39 is 0 Å². The molecule has 3 heteroatoms. The standard InChI is InChI=1S/C12H23N3/c1-12(2,11-13)7-6-8-14-15-9-4-3-5-10-15/h14H,3-10H2,1-2H3. The molecule has 0 aromatic heterocycles. The Morgan fingerprint density at radius 1 is 1.27 bits per heavy atom. The van der Waals surface area contributed by atoms with E-state index in [9.17, 15) is 0 Å². The molecular formula is C12H23N3. The molecule has 0 atom stereocenters. The summed E-state index contributed by atoms with van der Waals surface area (Å²) in [6.07, 6.45) is 6.06. The first kappa shape index (κ1) is 12.5. The lowest BCUT2D eigenvalue weighted by atomic mass is 9.90. The van der Waals surface area contributed by atoms with Crippen molar-refractivity contribution in [3.8, 4) is 6.07 Å². The van der Waals surface area contributed by atoms with E-state index in [0.29, 0.717) is 0 Å². The summed E-state index contributed by atoms with van der Waals surface area (Å²) in [5.41, 5.74) is 3.28. The van der Waals surface area contributed by atoms with E-state index in [0.717, 1.165) is 19.4 Å². The minimum absolute atomic E-state index is 0.163. The van der Waals surface area contributed by atoms with Gasteiger partial charge in [0.2, 0.25) is 0 Å². The lowest BCUT2D eigenvalue weighted by molar-refractivity contribution is 0.152. The fourth-order valence-corrected chi connectivity index (χ4v) is 1.88. The third-order valence-electron chi connectivity index (χ3n) is 2.97. The van der Waals surface area contributed by atoms with Crippen LogP contribution in [0.15, 0.2) is 0 Å². The van der Waals surface area contributed by atoms with Crippen LogP contribution in [0.4, 0.5) is 0 Å². The van der Waals surface area contributed by atoms with Crippen molar-refractivity contribution in [1.29, 1.82) is 5.26 Å². The highest BCUT2D eigenvalue weighted by molar-refractivity contribution is 4.91. The molecule has 0 aromatic carbocycles. The number of piperidine rings is 1. The zero-order valence-corrected chi connectivity index (χ0v) is 10.1. The van der Waals surface area contributed by atoms with E-state index in [4.69, 9.17) is 5.26 Å². The molecule has 1 rings (SSSR count). The fraction of sp³-hybridized carbons (Fsp3) is 0.917. The van der Waals surface area contributed by atoms with Gasteiger partial charge in [0.25, 0.3) is 0 Å². The van der Waals surface area contributed by atoms with E-state index in [-0.39, 0.29) is 5.41 Å². The van der Waals surface area contributed by atoms with Gasteiger partial charge in [-0.05, 0) is 39.5 Å². The Balaban J connectivity index is 2.04. The maximum atomic E-state index is 8.86. The second-order valence-corrected chi connectivity index (χ2v) is 5.06. The van der Waals surface area contributed by atoms with Crippen LogP contribution in [0.5, 0.6) is 0 Å². The molecule has 0 aliphatic carbocycles. The van der Waals surface area contributed by atoms with Gasteiger partial charge in [-0.25, -0.2) is 5.01 Å². The van der Waals surface area contributed by atoms with E-state index in [1.54, 1.807) is 0 Å². The quantitative estimate of drug-likeness (QED) is 0.706. The largest absolute Gasteiger partial charge is 0.255 e. The van der Waals surface area contributed by atoms with Crippen molar-refractivity contribution in [3.05, 3.63) is 0 Å². The summed E-state index contributed by atoms with van der Waals surface area (Å²) in [5, 5.41) is 11.2. The minimum atomic E-state index is -0.163. The second kappa shape index (κ2) is 6.09. The van der Waals surface area contributed by atoms with Crippen LogP contribution in [0.2, 0.25) is 0 Å². The van der Waals surface area contributed by atoms with Crippen LogP contribution in [-0.4, -0.2) is 24.6 Å². The molecule has 1 heterocycles. The maximum absolute atomic E-state index is 8.86. The van der Waals surface area contributed by atoms with Crippen LogP contribution in [0, 0.1) is 16.7 Å². The average Bonchev–Trinajstić information content (AvgIpc) is 2.26. The van der Waals surface area contributed by atoms with Gasteiger partial charge < -0.3 is 0 Å². The van der Waals surface area contributed by atoms with Crippen molar-refractivity contribution < 1.29 is 0 Å². The highest BCUT2D eigenvalue weighted by Crippen LogP contribution is 2.20. The van der Waals surface area contributed by atoms with Crippen molar-refractivity contribution in [2.45, 2.75) is 46.0 Å². The summed E-state index contributed by atoms with van der Waals surface area (Å²) in [4.78, 5) is 0. The van der Waals surface area contributed by atoms with Gasteiger partial charge in [0.15, 0.2) is 0 Å². The molecule has 1 saturated heterocycles. The molecule has 0 saturated carbocycles. The predicted octanol–water partition coefficient (Wildman–Crippen LogP) is 2.31. The monoisotopic (exact) mass is 209 g/mol. The Morgan fingerprint density at radius 3 is 2.53 bits per heavy atom. The summed E-state index contributed by atoms with van der Waals surface area (Å²) in [7, 11) is 0. The van der Waals surface area contributed by atoms with Crippen LogP contribution in [-0.2, 0) is 0 Å². The Labute approximate surface area is 93.4 Å². The Kier molecular flexibility index (Phi) is 5.07. The molecule has 0 amide bonds. The van der Waals surface area contributed by atoms with Crippen molar-refractivity contribution in [3.63, 3.8) is 0 Å². The average molecular weight is 209 g/mol. The van der Waals surface area contributed by atoms with Crippen LogP contribution in [0.1, 0.15) is 46.0 Å². The minimum Gasteiger partial charge on any atom is -0.255 e. The first-order valence-electron chi connectivity index (χ1n) is 6.04. The van der Waals surface area contributed by atoms with E-state index in [2.05, 4.69) is 16.5 Å². The molecule has 86 valence electrons. The third-order valence-corrected chi connectivity index (χ3v) is 2.97. The van der Waals surface area contributed by atoms with Gasteiger partial charge in [0.1, 0.15) is 0 Å². The number of nitriles is 1. The van der Waals surface area contributed by atoms with Crippen molar-refractivity contribution in [2.24, 2.45) is 5.41 Å². The molecule has 0 bridgehead atoms. The maximum Gasteiger partial charge on any atom is 0.0683 e. The van der Waals surface area contributed by atoms with Gasteiger partial charge in [-0.2, -0.15) is 5.26 Å². The third kappa shape index (κ3) is 5.15. The van der Waals surface area contributed by atoms with Crippen LogP contribution < -0.4 is 5.43 Å². The van der Waals surface area contributed by atoms with E-state index >= 15 is 0 Å². The van der Waals surface area contributed by atoms with Gasteiger partial charge >= 0.3 is 0 Å². The zero-order chi connectivity index (χ0) is 11.1. The molecule has 0 aromatic rings. The van der Waals surface area contributed by atoms with Crippen LogP contribution >= 0.6 is 0 Å². The predicted molar refractivity (Wildman–Crippen MR) is 62.1 cm³/mol. The summed E-state index contributed by atoms with van der Waals surface area (Å²) < 4.78 is 0. The lowest BCUT2D eigenvalue weighted by Gasteiger charge is -2.27. The molecule has 1 fully saturated rings. The lowest BCUT2D eigenvalue weighted by Crippen LogP contribution is -2.42. The van der Waals surface area contributed by atoms with Crippen molar-refractivity contribution >= 4 is 0 Å². The summed E-state index contributed by atoms with van der Waals surface area (Å²) in [6.45, 7) is 7.39. The normalized spacial score (nSPS) is 18.7. The molecule has 0 radical (unpaired) electrons. The molecule has 1 aliphatic heterocycles. The summed E-state index contributed by atoms with van der Waals surface area (Å²) in [5.74, 6) is 0. The van der Waals surface area contributed by atoms with Gasteiger partial charge in [0.05, 0.1) is 11.5 Å². The molecule has 0 spiro atoms. The van der Waals surface area contributed by atoms with E-state index in [1.165, 1.54) is 32.4 Å². The van der Waals surface area contributed by atoms with E-state index in [1.807, 2.05) is 13.8 Å². The number of rotatable bonds is 5. The number of hydrazine groups is 1. The van der Waals surface area contributed by atoms with Crippen molar-refractivity contribution in [1.82, 2.24) is 10.4 Å². The SMILES string of the molecule is CC(C)(C#N)CCCNN1CCCCC1. The number of hydrogen-bond acceptors (Lipinski definition) is 3. The number of hydrogen-bond donors (Lipinski definition) is 1. The summed E-state index contributed by atoms with van der Waals surface area (Å²) in [6, 6.07) is 2.34.